The summed E-state index contributed by atoms with van der Waals surface area (Å²) in [5.74, 6) is 0. The van der Waals surface area contributed by atoms with Gasteiger partial charge in [-0.15, -0.1) is 0 Å². The van der Waals surface area contributed by atoms with Gasteiger partial charge in [-0.25, -0.2) is 0 Å². The summed E-state index contributed by atoms with van der Waals surface area (Å²) in [6.45, 7) is 15.5. The van der Waals surface area contributed by atoms with Gasteiger partial charge in [-0.3, -0.25) is 5.70 Å². The Morgan fingerprint density at radius 2 is 0.542 bits per heavy atom. The van der Waals surface area contributed by atoms with Crippen LogP contribution >= 0.6 is 15.8 Å². The van der Waals surface area contributed by atoms with E-state index in [2.05, 4.69) is 269 Å². The summed E-state index contributed by atoms with van der Waals surface area (Å²) in [5.41, 5.74) is 1.94. The van der Waals surface area contributed by atoms with E-state index < -0.39 is 16.9 Å². The number of hydrogen-bond donors (Lipinski definition) is 0. The zero-order chi connectivity index (χ0) is 40.8. The summed E-state index contributed by atoms with van der Waals surface area (Å²) in [6, 6.07) is 85.7. The van der Waals surface area contributed by atoms with Crippen LogP contribution in [0.3, 0.4) is 0 Å². The molecule has 299 valence electrons. The molecule has 0 saturated carbocycles. The molecule has 0 atom stereocenters. The van der Waals surface area contributed by atoms with Crippen LogP contribution in [0.15, 0.2) is 248 Å². The summed E-state index contributed by atoms with van der Waals surface area (Å²) < 4.78 is 0. The molecular weight excluding hydrogens is 962 g/mol. The molecule has 0 aliphatic heterocycles. The van der Waals surface area contributed by atoms with Crippen molar-refractivity contribution in [2.24, 2.45) is 0 Å². The van der Waals surface area contributed by atoms with Crippen LogP contribution in [0.25, 0.3) is 0 Å². The minimum Gasteiger partial charge on any atom is -0.521 e. The molecule has 0 bridgehead atoms. The predicted octanol–water partition coefficient (Wildman–Crippen LogP) is 8.46. The third-order valence-electron chi connectivity index (χ3n) is 9.83. The van der Waals surface area contributed by atoms with Crippen LogP contribution in [-0.2, 0) is 21.1 Å². The predicted molar refractivity (Wildman–Crippen MR) is 269 cm³/mol. The standard InChI is InChI=1S/C20H17Si.C18H15Si.2C8H11P.Pt/c1-2-21(18-12-6-3-7-13-18,19-14-8-4-9-15-19)20-16-10-5-11-17-20;1-4-10-16(11-5-1)19(17-12-6-2-7-13-17)18-14-8-3-9-15-18;2*1-9(2)8-6-4-3-5-7-8;/h1-17H;1-15H;2*3-7H,1-2H3;/q-1;;;;/p+2. The molecule has 0 aliphatic rings. The molecular formula is C54H56P2PtSi2+. The Bertz CT molecular complexity index is 2050. The average Bonchev–Trinajstić information content (AvgIpc) is 3.30. The maximum absolute atomic E-state index is 6.24. The van der Waals surface area contributed by atoms with Gasteiger partial charge in [0.15, 0.2) is 8.80 Å². The second-order valence-corrected chi connectivity index (χ2v) is 25.6. The topological polar surface area (TPSA) is 0 Å². The summed E-state index contributed by atoms with van der Waals surface area (Å²) >= 11 is 0. The second kappa shape index (κ2) is 25.9. The molecule has 0 heterocycles. The van der Waals surface area contributed by atoms with Crippen LogP contribution in [0.5, 0.6) is 0 Å². The molecule has 5 heteroatoms. The van der Waals surface area contributed by atoms with Crippen LogP contribution in [-0.4, -0.2) is 43.5 Å². The van der Waals surface area contributed by atoms with Crippen LogP contribution in [0.1, 0.15) is 0 Å². The minimum atomic E-state index is -2.25. The van der Waals surface area contributed by atoms with Gasteiger partial charge in [0.05, 0.1) is 37.3 Å². The third kappa shape index (κ3) is 14.0. The van der Waals surface area contributed by atoms with Gasteiger partial charge in [0.1, 0.15) is 8.07 Å². The zero-order valence-electron chi connectivity index (χ0n) is 34.6. The van der Waals surface area contributed by atoms with Crippen molar-refractivity contribution in [2.45, 2.75) is 0 Å². The molecule has 0 N–H and O–H groups in total. The molecule has 0 fully saturated rings. The fourth-order valence-corrected chi connectivity index (χ4v) is 14.8. The molecule has 0 saturated heterocycles. The van der Waals surface area contributed by atoms with Crippen molar-refractivity contribution < 1.29 is 21.1 Å². The normalized spacial score (nSPS) is 10.4. The van der Waals surface area contributed by atoms with Crippen molar-refractivity contribution in [3.63, 3.8) is 0 Å². The van der Waals surface area contributed by atoms with Gasteiger partial charge in [-0.2, -0.15) is 0 Å². The third-order valence-corrected chi connectivity index (χ3v) is 19.8. The van der Waals surface area contributed by atoms with E-state index in [1.54, 1.807) is 0 Å². The molecule has 8 aromatic rings. The van der Waals surface area contributed by atoms with Gasteiger partial charge >= 0.3 is 0 Å². The largest absolute Gasteiger partial charge is 0.521 e. The van der Waals surface area contributed by atoms with Gasteiger partial charge in [0.2, 0.25) is 0 Å². The Morgan fingerprint density at radius 1 is 0.339 bits per heavy atom. The summed E-state index contributed by atoms with van der Waals surface area (Å²) in [7, 11) is -3.55. The fourth-order valence-electron chi connectivity index (χ4n) is 6.75. The zero-order valence-corrected chi connectivity index (χ0v) is 40.8. The first-order valence-electron chi connectivity index (χ1n) is 19.9. The van der Waals surface area contributed by atoms with Gasteiger partial charge in [0, 0.05) is 36.9 Å². The van der Waals surface area contributed by atoms with Gasteiger partial charge in [-0.1, -0.05) is 234 Å². The van der Waals surface area contributed by atoms with E-state index in [0.717, 1.165) is 0 Å². The Kier molecular flexibility index (Phi) is 20.7. The van der Waals surface area contributed by atoms with Crippen LogP contribution < -0.4 is 41.7 Å². The summed E-state index contributed by atoms with van der Waals surface area (Å²) in [6.07, 6.45) is 0. The maximum Gasteiger partial charge on any atom is 0.154 e. The maximum atomic E-state index is 6.24. The fraction of sp³-hybridized carbons (Fsp3) is 0.0741. The minimum absolute atomic E-state index is 0. The monoisotopic (exact) mass is 1020 g/mol. The Hall–Kier alpha value is -4.52. The first kappa shape index (κ1) is 47.2. The quantitative estimate of drug-likeness (QED) is 0.0590. The van der Waals surface area contributed by atoms with E-state index in [1.165, 1.54) is 41.7 Å². The van der Waals surface area contributed by atoms with E-state index in [4.69, 9.17) is 6.58 Å². The second-order valence-electron chi connectivity index (χ2n) is 14.3. The van der Waals surface area contributed by atoms with Crippen molar-refractivity contribution in [1.29, 1.82) is 0 Å². The Labute approximate surface area is 374 Å². The smallest absolute Gasteiger partial charge is 0.154 e. The molecule has 8 aromatic carbocycles. The van der Waals surface area contributed by atoms with Crippen molar-refractivity contribution in [3.8, 4) is 0 Å². The molecule has 0 amide bonds. The van der Waals surface area contributed by atoms with Crippen LogP contribution in [0.4, 0.5) is 0 Å². The molecule has 0 aliphatic carbocycles. The van der Waals surface area contributed by atoms with Gasteiger partial charge < -0.3 is 6.58 Å². The van der Waals surface area contributed by atoms with E-state index in [-0.39, 0.29) is 36.9 Å². The molecule has 1 radical (unpaired) electrons. The average molecular weight is 1020 g/mol. The van der Waals surface area contributed by atoms with Crippen molar-refractivity contribution in [3.05, 3.63) is 255 Å². The Balaban J connectivity index is 0.000000185. The van der Waals surface area contributed by atoms with E-state index >= 15 is 0 Å². The Morgan fingerprint density at radius 3 is 0.729 bits per heavy atom. The van der Waals surface area contributed by atoms with Crippen LogP contribution in [0.2, 0.25) is 0 Å². The first-order chi connectivity index (χ1) is 28.4. The molecule has 0 unspecified atom stereocenters. The summed E-state index contributed by atoms with van der Waals surface area (Å²) in [4.78, 5) is 0. The molecule has 8 rings (SSSR count). The number of rotatable bonds is 9. The first-order valence-corrected chi connectivity index (χ1v) is 28.5. The van der Waals surface area contributed by atoms with E-state index in [9.17, 15) is 0 Å². The van der Waals surface area contributed by atoms with Gasteiger partial charge in [-0.05, 0) is 39.8 Å². The van der Waals surface area contributed by atoms with Crippen molar-refractivity contribution >= 4 is 74.4 Å². The number of hydrogen-bond acceptors (Lipinski definition) is 0. The van der Waals surface area contributed by atoms with E-state index in [1.807, 2.05) is 5.70 Å². The van der Waals surface area contributed by atoms with Crippen molar-refractivity contribution in [2.75, 3.05) is 26.7 Å². The molecule has 0 spiro atoms. The van der Waals surface area contributed by atoms with E-state index in [0.29, 0.717) is 0 Å². The van der Waals surface area contributed by atoms with Crippen LogP contribution in [0, 0.1) is 6.58 Å². The SMILES string of the molecule is C[PH+](C)c1ccccc1.C[PH+](C)c1ccccc1.[CH-]=C[Si](c1ccccc1)(c1ccccc1)c1ccccc1.[Pt].c1ccc([Si](c2ccccc2)c2ccccc2)cc1. The summed E-state index contributed by atoms with van der Waals surface area (Å²) in [5, 5.41) is 11.3. The van der Waals surface area contributed by atoms with Gasteiger partial charge in [0.25, 0.3) is 0 Å². The molecule has 0 nitrogen and oxygen atoms in total. The van der Waals surface area contributed by atoms with Crippen molar-refractivity contribution in [1.82, 2.24) is 0 Å². The molecule has 59 heavy (non-hydrogen) atoms. The molecule has 0 aromatic heterocycles. The number of benzene rings is 8.